The van der Waals surface area contributed by atoms with Crippen LogP contribution >= 0.6 is 11.3 Å². The van der Waals surface area contributed by atoms with Crippen LogP contribution in [0.2, 0.25) is 0 Å². The Balaban J connectivity index is 1.46. The maximum atomic E-state index is 12.7. The van der Waals surface area contributed by atoms with Crippen molar-refractivity contribution in [1.82, 2.24) is 9.97 Å². The van der Waals surface area contributed by atoms with Gasteiger partial charge in [-0.15, -0.1) is 11.3 Å². The van der Waals surface area contributed by atoms with Gasteiger partial charge in [-0.05, 0) is 48.0 Å². The number of rotatable bonds is 5. The molecule has 158 valence electrons. The highest BCUT2D eigenvalue weighted by Gasteiger charge is 2.26. The zero-order valence-electron chi connectivity index (χ0n) is 16.8. The second-order valence-electron chi connectivity index (χ2n) is 7.21. The molecule has 0 spiro atoms. The first-order chi connectivity index (χ1) is 15.6. The molecule has 1 aliphatic heterocycles. The third-order valence-corrected chi connectivity index (χ3v) is 5.99. The van der Waals surface area contributed by atoms with E-state index in [-0.39, 0.29) is 18.1 Å². The molecule has 0 bridgehead atoms. The molecule has 32 heavy (non-hydrogen) atoms. The maximum absolute atomic E-state index is 12.7. The molecule has 0 unspecified atom stereocenters. The number of pyridine rings is 1. The zero-order valence-corrected chi connectivity index (χ0v) is 17.6. The van der Waals surface area contributed by atoms with Crippen molar-refractivity contribution in [2.45, 2.75) is 6.54 Å². The number of aromatic nitrogens is 2. The Kier molecular flexibility index (Phi) is 5.12. The predicted octanol–water partition coefficient (Wildman–Crippen LogP) is 4.50. The summed E-state index contributed by atoms with van der Waals surface area (Å²) in [6.07, 6.45) is 1.74. The van der Waals surface area contributed by atoms with E-state index in [9.17, 15) is 9.59 Å². The highest BCUT2D eigenvalue weighted by Crippen LogP contribution is 2.37. The third kappa shape index (κ3) is 3.83. The molecule has 0 atom stereocenters. The highest BCUT2D eigenvalue weighted by molar-refractivity contribution is 7.13. The van der Waals surface area contributed by atoms with Crippen molar-refractivity contribution in [2.75, 3.05) is 11.5 Å². The molecule has 0 saturated heterocycles. The topological polar surface area (TPSA) is 92.6 Å². The lowest BCUT2D eigenvalue weighted by atomic mass is 10.1. The predicted molar refractivity (Wildman–Crippen MR) is 121 cm³/mol. The normalized spacial score (nSPS) is 12.9. The Labute approximate surface area is 187 Å². The Bertz CT molecular complexity index is 1300. The summed E-state index contributed by atoms with van der Waals surface area (Å²) in [6.45, 7) is 0.273. The number of carbonyl (C=O) groups excluding carboxylic acids is 1. The Hall–Kier alpha value is -4.04. The maximum Gasteiger partial charge on any atom is 0.335 e. The quantitative estimate of drug-likeness (QED) is 0.488. The fraction of sp³-hybridized carbons (Fsp3) is 0.0833. The molecule has 0 aliphatic carbocycles. The smallest absolute Gasteiger partial charge is 0.335 e. The van der Waals surface area contributed by atoms with Gasteiger partial charge in [0.05, 0.1) is 29.2 Å². The van der Waals surface area contributed by atoms with E-state index in [0.29, 0.717) is 18.0 Å². The molecule has 0 fully saturated rings. The largest absolute Gasteiger partial charge is 0.482 e. The second-order valence-corrected chi connectivity index (χ2v) is 8.06. The summed E-state index contributed by atoms with van der Waals surface area (Å²) < 4.78 is 5.62. The van der Waals surface area contributed by atoms with Crippen LogP contribution in [-0.2, 0) is 11.3 Å². The average Bonchev–Trinajstić information content (AvgIpc) is 3.32. The summed E-state index contributed by atoms with van der Waals surface area (Å²) in [7, 11) is 0. The number of carbonyl (C=O) groups is 2. The first-order valence-corrected chi connectivity index (χ1v) is 10.7. The van der Waals surface area contributed by atoms with Crippen LogP contribution in [0.25, 0.3) is 22.0 Å². The standard InChI is InChI=1S/C24H17N3O4S/c28-22-13-31-21-9-8-17(19-14-32-23(26-19)18-3-1-2-10-25-18)11-20(21)27(22)12-15-4-6-16(7-5-15)24(29)30/h1-11,14H,12-13H2,(H,29,30). The van der Waals surface area contributed by atoms with Gasteiger partial charge in [0.1, 0.15) is 10.8 Å². The van der Waals surface area contributed by atoms with Crippen LogP contribution in [0.4, 0.5) is 5.69 Å². The van der Waals surface area contributed by atoms with E-state index in [2.05, 4.69) is 4.98 Å². The summed E-state index contributed by atoms with van der Waals surface area (Å²) in [4.78, 5) is 34.5. The van der Waals surface area contributed by atoms with Crippen molar-refractivity contribution in [3.63, 3.8) is 0 Å². The molecule has 2 aromatic heterocycles. The van der Waals surface area contributed by atoms with Gasteiger partial charge in [0.2, 0.25) is 0 Å². The van der Waals surface area contributed by atoms with Crippen LogP contribution in [0, 0.1) is 0 Å². The molecule has 2 aromatic carbocycles. The third-order valence-electron chi connectivity index (χ3n) is 5.13. The van der Waals surface area contributed by atoms with E-state index in [4.69, 9.17) is 14.8 Å². The summed E-state index contributed by atoms with van der Waals surface area (Å²) >= 11 is 1.51. The van der Waals surface area contributed by atoms with E-state index in [0.717, 1.165) is 27.5 Å². The number of carboxylic acid groups (broad SMARTS) is 1. The number of hydrogen-bond acceptors (Lipinski definition) is 6. The van der Waals surface area contributed by atoms with Gasteiger partial charge in [0, 0.05) is 17.1 Å². The van der Waals surface area contributed by atoms with Crippen LogP contribution in [0.1, 0.15) is 15.9 Å². The number of aromatic carboxylic acids is 1. The number of amides is 1. The van der Waals surface area contributed by atoms with Crippen molar-refractivity contribution in [2.24, 2.45) is 0 Å². The van der Waals surface area contributed by atoms with Gasteiger partial charge in [-0.25, -0.2) is 9.78 Å². The van der Waals surface area contributed by atoms with Crippen molar-refractivity contribution in [3.8, 4) is 27.7 Å². The molecule has 1 amide bonds. The van der Waals surface area contributed by atoms with Crippen molar-refractivity contribution >= 4 is 28.9 Å². The minimum Gasteiger partial charge on any atom is -0.482 e. The van der Waals surface area contributed by atoms with E-state index >= 15 is 0 Å². The molecule has 5 rings (SSSR count). The van der Waals surface area contributed by atoms with E-state index < -0.39 is 5.97 Å². The first kappa shape index (κ1) is 19.9. The van der Waals surface area contributed by atoms with Crippen LogP contribution in [0.15, 0.2) is 72.2 Å². The highest BCUT2D eigenvalue weighted by atomic mass is 32.1. The Morgan fingerprint density at radius 1 is 1.09 bits per heavy atom. The van der Waals surface area contributed by atoms with Crippen molar-refractivity contribution in [1.29, 1.82) is 0 Å². The number of carboxylic acids is 1. The molecule has 3 heterocycles. The number of thiazole rings is 1. The van der Waals surface area contributed by atoms with E-state index in [1.807, 2.05) is 41.8 Å². The summed E-state index contributed by atoms with van der Waals surface area (Å²) in [6, 6.07) is 17.9. The van der Waals surface area contributed by atoms with Crippen molar-refractivity contribution < 1.29 is 19.4 Å². The molecule has 1 N–H and O–H groups in total. The lowest BCUT2D eigenvalue weighted by Gasteiger charge is -2.30. The number of nitrogens with zero attached hydrogens (tertiary/aromatic N) is 3. The van der Waals surface area contributed by atoms with Crippen LogP contribution in [0.3, 0.4) is 0 Å². The summed E-state index contributed by atoms with van der Waals surface area (Å²) in [5.74, 6) is -0.526. The molecular formula is C24H17N3O4S. The van der Waals surface area contributed by atoms with Gasteiger partial charge in [0.15, 0.2) is 6.61 Å². The Morgan fingerprint density at radius 2 is 1.94 bits per heavy atom. The molecule has 0 radical (unpaired) electrons. The number of benzene rings is 2. The van der Waals surface area contributed by atoms with Gasteiger partial charge >= 0.3 is 5.97 Å². The second kappa shape index (κ2) is 8.24. The van der Waals surface area contributed by atoms with Crippen LogP contribution in [-0.4, -0.2) is 33.6 Å². The number of hydrogen-bond donors (Lipinski definition) is 1. The zero-order chi connectivity index (χ0) is 22.1. The lowest BCUT2D eigenvalue weighted by molar-refractivity contribution is -0.121. The van der Waals surface area contributed by atoms with E-state index in [1.165, 1.54) is 23.5 Å². The van der Waals surface area contributed by atoms with Gasteiger partial charge in [-0.3, -0.25) is 9.78 Å². The van der Waals surface area contributed by atoms with Gasteiger partial charge in [-0.2, -0.15) is 0 Å². The van der Waals surface area contributed by atoms with Crippen molar-refractivity contribution in [3.05, 3.63) is 83.4 Å². The molecule has 4 aromatic rings. The number of ether oxygens (including phenoxy) is 1. The molecular weight excluding hydrogens is 426 g/mol. The first-order valence-electron chi connectivity index (χ1n) is 9.85. The van der Waals surface area contributed by atoms with Gasteiger partial charge in [0.25, 0.3) is 5.91 Å². The fourth-order valence-corrected chi connectivity index (χ4v) is 4.29. The molecule has 1 aliphatic rings. The Morgan fingerprint density at radius 3 is 2.69 bits per heavy atom. The monoisotopic (exact) mass is 443 g/mol. The minimum atomic E-state index is -0.984. The SMILES string of the molecule is O=C(O)c1ccc(CN2C(=O)COc3ccc(-c4csc(-c5ccccn5)n4)cc32)cc1. The number of fused-ring (bicyclic) bond motifs is 1. The van der Waals surface area contributed by atoms with Gasteiger partial charge in [-0.1, -0.05) is 18.2 Å². The van der Waals surface area contributed by atoms with Crippen LogP contribution in [0.5, 0.6) is 5.75 Å². The molecule has 8 heteroatoms. The minimum absolute atomic E-state index is 0.0416. The van der Waals surface area contributed by atoms with Crippen LogP contribution < -0.4 is 9.64 Å². The number of anilines is 1. The van der Waals surface area contributed by atoms with Gasteiger partial charge < -0.3 is 14.7 Å². The molecule has 0 saturated carbocycles. The molecule has 7 nitrogen and oxygen atoms in total. The fourth-order valence-electron chi connectivity index (χ4n) is 3.48. The summed E-state index contributed by atoms with van der Waals surface area (Å²) in [5, 5.41) is 11.9. The summed E-state index contributed by atoms with van der Waals surface area (Å²) in [5.41, 5.74) is 4.17. The van der Waals surface area contributed by atoms with E-state index in [1.54, 1.807) is 23.2 Å². The average molecular weight is 443 g/mol. The lowest BCUT2D eigenvalue weighted by Crippen LogP contribution is -2.38.